The fourth-order valence-electron chi connectivity index (χ4n) is 3.09. The molecule has 0 bridgehead atoms. The molecule has 0 radical (unpaired) electrons. The van der Waals surface area contributed by atoms with Gasteiger partial charge in [0.15, 0.2) is 9.84 Å². The number of ether oxygens (including phenoxy) is 1. The first-order valence-electron chi connectivity index (χ1n) is 7.97. The number of sulfone groups is 1. The highest BCUT2D eigenvalue weighted by molar-refractivity contribution is 7.90. The molecule has 3 N–H and O–H groups in total. The first kappa shape index (κ1) is 21.5. The summed E-state index contributed by atoms with van der Waals surface area (Å²) < 4.78 is 28.8. The standard InChI is InChI=1S/C16H25N3O4S.ClH/c1-4-19-7-5-6-11(19)10-18-16(20)12-8-15(24(3,21)22)13(17)9-14(12)23-2;/h8-9,11H,4-7,10,17H2,1-3H3,(H,18,20);1H. The lowest BCUT2D eigenvalue weighted by atomic mass is 10.1. The number of hydrogen-bond acceptors (Lipinski definition) is 6. The van der Waals surface area contributed by atoms with Crippen LogP contribution < -0.4 is 15.8 Å². The predicted molar refractivity (Wildman–Crippen MR) is 100 cm³/mol. The average Bonchev–Trinajstić information content (AvgIpc) is 2.98. The molecule has 0 spiro atoms. The number of anilines is 1. The van der Waals surface area contributed by atoms with Gasteiger partial charge in [-0.3, -0.25) is 9.69 Å². The summed E-state index contributed by atoms with van der Waals surface area (Å²) in [5.74, 6) is -0.101. The van der Waals surface area contributed by atoms with Crippen molar-refractivity contribution < 1.29 is 17.9 Å². The van der Waals surface area contributed by atoms with Crippen LogP contribution in [0, 0.1) is 0 Å². The summed E-state index contributed by atoms with van der Waals surface area (Å²) in [5.41, 5.74) is 6.01. The Labute approximate surface area is 155 Å². The van der Waals surface area contributed by atoms with E-state index in [1.165, 1.54) is 19.2 Å². The molecule has 0 aromatic heterocycles. The predicted octanol–water partition coefficient (Wildman–Crippen LogP) is 1.32. The topological polar surface area (TPSA) is 102 Å². The third-order valence-corrected chi connectivity index (χ3v) is 5.53. The SMILES string of the molecule is CCN1CCCC1CNC(=O)c1cc(S(C)(=O)=O)c(N)cc1OC.Cl. The zero-order chi connectivity index (χ0) is 17.9. The molecule has 1 aromatic carbocycles. The normalized spacial score (nSPS) is 17.8. The molecule has 25 heavy (non-hydrogen) atoms. The Bertz CT molecular complexity index is 724. The van der Waals surface area contributed by atoms with E-state index in [2.05, 4.69) is 17.1 Å². The lowest BCUT2D eigenvalue weighted by molar-refractivity contribution is 0.0938. The van der Waals surface area contributed by atoms with Crippen LogP contribution in [0.3, 0.4) is 0 Å². The maximum absolute atomic E-state index is 12.5. The number of nitrogen functional groups attached to an aromatic ring is 1. The lowest BCUT2D eigenvalue weighted by Crippen LogP contribution is -2.40. The number of methoxy groups -OCH3 is 1. The third-order valence-electron chi connectivity index (χ3n) is 4.38. The van der Waals surface area contributed by atoms with Gasteiger partial charge in [-0.1, -0.05) is 6.92 Å². The van der Waals surface area contributed by atoms with Gasteiger partial charge in [-0.05, 0) is 32.0 Å². The Morgan fingerprint density at radius 3 is 2.68 bits per heavy atom. The Hall–Kier alpha value is -1.51. The smallest absolute Gasteiger partial charge is 0.255 e. The van der Waals surface area contributed by atoms with Crippen LogP contribution in [0.15, 0.2) is 17.0 Å². The van der Waals surface area contributed by atoms with E-state index < -0.39 is 9.84 Å². The summed E-state index contributed by atoms with van der Waals surface area (Å²) in [6.45, 7) is 4.61. The molecule has 1 aliphatic heterocycles. The number of carbonyl (C=O) groups excluding carboxylic acids is 1. The largest absolute Gasteiger partial charge is 0.496 e. The summed E-state index contributed by atoms with van der Waals surface area (Å²) in [6.07, 6.45) is 3.23. The highest BCUT2D eigenvalue weighted by atomic mass is 35.5. The van der Waals surface area contributed by atoms with Crippen LogP contribution in [0.5, 0.6) is 5.75 Å². The van der Waals surface area contributed by atoms with E-state index in [1.54, 1.807) is 0 Å². The Morgan fingerprint density at radius 2 is 2.12 bits per heavy atom. The lowest BCUT2D eigenvalue weighted by Gasteiger charge is -2.23. The van der Waals surface area contributed by atoms with Crippen molar-refractivity contribution in [3.05, 3.63) is 17.7 Å². The molecule has 9 heteroatoms. The molecule has 1 saturated heterocycles. The number of hydrogen-bond donors (Lipinski definition) is 2. The highest BCUT2D eigenvalue weighted by Crippen LogP contribution is 2.28. The number of likely N-dealkylation sites (tertiary alicyclic amines) is 1. The summed E-state index contributed by atoms with van der Waals surface area (Å²) in [7, 11) is -2.11. The minimum absolute atomic E-state index is 0. The average molecular weight is 392 g/mol. The quantitative estimate of drug-likeness (QED) is 0.709. The molecule has 1 atom stereocenters. The molecule has 7 nitrogen and oxygen atoms in total. The number of nitrogens with two attached hydrogens (primary N) is 1. The van der Waals surface area contributed by atoms with Gasteiger partial charge in [-0.2, -0.15) is 0 Å². The van der Waals surface area contributed by atoms with Crippen molar-refractivity contribution in [2.45, 2.75) is 30.7 Å². The van der Waals surface area contributed by atoms with E-state index in [1.807, 2.05) is 0 Å². The number of benzene rings is 1. The van der Waals surface area contributed by atoms with Gasteiger partial charge >= 0.3 is 0 Å². The van der Waals surface area contributed by atoms with Crippen molar-refractivity contribution in [2.75, 3.05) is 38.7 Å². The molecule has 1 heterocycles. The first-order chi connectivity index (χ1) is 11.3. The molecule has 2 rings (SSSR count). The van der Waals surface area contributed by atoms with E-state index >= 15 is 0 Å². The molecular formula is C16H26ClN3O4S. The van der Waals surface area contributed by atoms with Gasteiger partial charge < -0.3 is 15.8 Å². The van der Waals surface area contributed by atoms with Gasteiger partial charge in [0.1, 0.15) is 5.75 Å². The number of nitrogens with one attached hydrogen (secondary N) is 1. The summed E-state index contributed by atoms with van der Waals surface area (Å²) in [4.78, 5) is 14.8. The zero-order valence-corrected chi connectivity index (χ0v) is 16.4. The fraction of sp³-hybridized carbons (Fsp3) is 0.562. The summed E-state index contributed by atoms with van der Waals surface area (Å²) in [5, 5.41) is 2.88. The number of halogens is 1. The second-order valence-corrected chi connectivity index (χ2v) is 7.98. The van der Waals surface area contributed by atoms with Gasteiger partial charge in [0.25, 0.3) is 5.91 Å². The molecule has 1 fully saturated rings. The molecule has 0 aliphatic carbocycles. The molecule has 1 unspecified atom stereocenters. The van der Waals surface area contributed by atoms with Crippen molar-refractivity contribution in [3.63, 3.8) is 0 Å². The molecule has 1 amide bonds. The molecule has 1 aromatic rings. The zero-order valence-electron chi connectivity index (χ0n) is 14.7. The van der Waals surface area contributed by atoms with Crippen molar-refractivity contribution in [3.8, 4) is 5.75 Å². The van der Waals surface area contributed by atoms with E-state index in [4.69, 9.17) is 10.5 Å². The maximum atomic E-state index is 12.5. The fourth-order valence-corrected chi connectivity index (χ4v) is 3.91. The van der Waals surface area contributed by atoms with Gasteiger partial charge in [-0.25, -0.2) is 8.42 Å². The van der Waals surface area contributed by atoms with Gasteiger partial charge in [-0.15, -0.1) is 12.4 Å². The van der Waals surface area contributed by atoms with Crippen molar-refractivity contribution in [1.29, 1.82) is 0 Å². The summed E-state index contributed by atoms with van der Waals surface area (Å²) >= 11 is 0. The van der Waals surface area contributed by atoms with E-state index in [0.717, 1.165) is 32.2 Å². The monoisotopic (exact) mass is 391 g/mol. The van der Waals surface area contributed by atoms with Crippen LogP contribution in [0.1, 0.15) is 30.1 Å². The maximum Gasteiger partial charge on any atom is 0.255 e. The van der Waals surface area contributed by atoms with Crippen LogP contribution in [-0.2, 0) is 9.84 Å². The Balaban J connectivity index is 0.00000312. The Kier molecular flexibility index (Phi) is 7.52. The molecule has 142 valence electrons. The Morgan fingerprint density at radius 1 is 1.44 bits per heavy atom. The van der Waals surface area contributed by atoms with Gasteiger partial charge in [0.2, 0.25) is 0 Å². The van der Waals surface area contributed by atoms with Crippen LogP contribution in [0.25, 0.3) is 0 Å². The van der Waals surface area contributed by atoms with E-state index in [-0.39, 0.29) is 40.2 Å². The minimum Gasteiger partial charge on any atom is -0.496 e. The van der Waals surface area contributed by atoms with Crippen LogP contribution >= 0.6 is 12.4 Å². The third kappa shape index (κ3) is 4.99. The first-order valence-corrected chi connectivity index (χ1v) is 9.86. The number of rotatable bonds is 6. The van der Waals surface area contributed by atoms with Crippen LogP contribution in [0.2, 0.25) is 0 Å². The molecular weight excluding hydrogens is 366 g/mol. The number of amides is 1. The van der Waals surface area contributed by atoms with Crippen LogP contribution in [-0.4, -0.2) is 58.3 Å². The van der Waals surface area contributed by atoms with Crippen LogP contribution in [0.4, 0.5) is 5.69 Å². The molecule has 0 saturated carbocycles. The summed E-state index contributed by atoms with van der Waals surface area (Å²) in [6, 6.07) is 2.97. The van der Waals surface area contributed by atoms with Gasteiger partial charge in [0.05, 0.1) is 23.3 Å². The van der Waals surface area contributed by atoms with Crippen molar-refractivity contribution in [2.24, 2.45) is 0 Å². The molecule has 1 aliphatic rings. The highest BCUT2D eigenvalue weighted by Gasteiger charge is 2.25. The second kappa shape index (κ2) is 8.73. The second-order valence-electron chi connectivity index (χ2n) is 6.00. The number of likely N-dealkylation sites (N-methyl/N-ethyl adjacent to an activating group) is 1. The minimum atomic E-state index is -3.53. The van der Waals surface area contributed by atoms with Crippen molar-refractivity contribution in [1.82, 2.24) is 10.2 Å². The van der Waals surface area contributed by atoms with E-state index in [0.29, 0.717) is 12.6 Å². The number of nitrogens with zero attached hydrogens (tertiary/aromatic N) is 1. The number of carbonyl (C=O) groups is 1. The van der Waals surface area contributed by atoms with Crippen molar-refractivity contribution >= 4 is 33.8 Å². The van der Waals surface area contributed by atoms with E-state index in [9.17, 15) is 13.2 Å². The van der Waals surface area contributed by atoms with Gasteiger partial charge in [0, 0.05) is 24.9 Å².